The van der Waals surface area contributed by atoms with Crippen LogP contribution in [0, 0.1) is 11.6 Å². The fourth-order valence-corrected chi connectivity index (χ4v) is 2.77. The Hall–Kier alpha value is -2.24. The van der Waals surface area contributed by atoms with Crippen molar-refractivity contribution in [3.63, 3.8) is 0 Å². The van der Waals surface area contributed by atoms with Gasteiger partial charge < -0.3 is 4.90 Å². The van der Waals surface area contributed by atoms with Crippen molar-refractivity contribution in [3.05, 3.63) is 53.4 Å². The standard InChI is InChI=1S/C15H15F2N3O/c16-12-6-11(7-13(17)8-12)15(21)20-5-1-2-10(9-20)14-3-4-18-19-14/h3-4,6-8,10H,1-2,5,9H2,(H,18,19). The zero-order chi connectivity index (χ0) is 14.8. The first-order chi connectivity index (χ1) is 10.1. The summed E-state index contributed by atoms with van der Waals surface area (Å²) in [6, 6.07) is 4.80. The van der Waals surface area contributed by atoms with Gasteiger partial charge in [-0.1, -0.05) is 0 Å². The molecule has 0 aliphatic carbocycles. The van der Waals surface area contributed by atoms with Crippen molar-refractivity contribution < 1.29 is 13.6 Å². The van der Waals surface area contributed by atoms with Gasteiger partial charge in [-0.2, -0.15) is 5.10 Å². The topological polar surface area (TPSA) is 49.0 Å². The molecular formula is C15H15F2N3O. The van der Waals surface area contributed by atoms with Crippen molar-refractivity contribution in [1.29, 1.82) is 0 Å². The lowest BCUT2D eigenvalue weighted by molar-refractivity contribution is 0.0705. The Morgan fingerprint density at radius 1 is 1.29 bits per heavy atom. The van der Waals surface area contributed by atoms with Crippen molar-refractivity contribution in [1.82, 2.24) is 15.1 Å². The molecule has 1 amide bonds. The Labute approximate surface area is 120 Å². The van der Waals surface area contributed by atoms with E-state index in [4.69, 9.17) is 0 Å². The number of benzene rings is 1. The van der Waals surface area contributed by atoms with Crippen LogP contribution in [0.3, 0.4) is 0 Å². The van der Waals surface area contributed by atoms with Crippen LogP contribution in [-0.4, -0.2) is 34.1 Å². The van der Waals surface area contributed by atoms with Gasteiger partial charge in [0.05, 0.1) is 0 Å². The molecule has 4 nitrogen and oxygen atoms in total. The van der Waals surface area contributed by atoms with Gasteiger partial charge in [0.15, 0.2) is 0 Å². The van der Waals surface area contributed by atoms with E-state index in [0.29, 0.717) is 13.1 Å². The molecule has 1 aliphatic rings. The molecule has 2 aromatic rings. The van der Waals surface area contributed by atoms with Crippen LogP contribution in [0.2, 0.25) is 0 Å². The molecule has 1 fully saturated rings. The molecule has 1 aromatic carbocycles. The van der Waals surface area contributed by atoms with Gasteiger partial charge in [-0.25, -0.2) is 8.78 Å². The van der Waals surface area contributed by atoms with Crippen LogP contribution in [0.25, 0.3) is 0 Å². The first-order valence-electron chi connectivity index (χ1n) is 6.88. The summed E-state index contributed by atoms with van der Waals surface area (Å²) in [4.78, 5) is 14.0. The summed E-state index contributed by atoms with van der Waals surface area (Å²) in [5, 5.41) is 6.84. The number of H-pyrrole nitrogens is 1. The molecule has 2 heterocycles. The second-order valence-corrected chi connectivity index (χ2v) is 5.26. The Kier molecular flexibility index (Phi) is 3.68. The smallest absolute Gasteiger partial charge is 0.254 e. The average molecular weight is 291 g/mol. The van der Waals surface area contributed by atoms with Crippen molar-refractivity contribution in [3.8, 4) is 0 Å². The van der Waals surface area contributed by atoms with Crippen LogP contribution in [0.15, 0.2) is 30.5 Å². The fraction of sp³-hybridized carbons (Fsp3) is 0.333. The molecule has 1 aliphatic heterocycles. The Morgan fingerprint density at radius 3 is 2.71 bits per heavy atom. The molecule has 1 aromatic heterocycles. The first kappa shape index (κ1) is 13.7. The first-order valence-corrected chi connectivity index (χ1v) is 6.88. The van der Waals surface area contributed by atoms with Crippen molar-refractivity contribution in [2.45, 2.75) is 18.8 Å². The third-order valence-corrected chi connectivity index (χ3v) is 3.78. The summed E-state index contributed by atoms with van der Waals surface area (Å²) in [5.41, 5.74) is 1.04. The predicted octanol–water partition coefficient (Wildman–Crippen LogP) is 2.71. The third-order valence-electron chi connectivity index (χ3n) is 3.78. The fourth-order valence-electron chi connectivity index (χ4n) is 2.77. The van der Waals surface area contributed by atoms with E-state index in [9.17, 15) is 13.6 Å². The molecule has 0 bridgehead atoms. The molecule has 1 atom stereocenters. The van der Waals surface area contributed by atoms with E-state index >= 15 is 0 Å². The molecule has 0 radical (unpaired) electrons. The number of carbonyl (C=O) groups is 1. The van der Waals surface area contributed by atoms with Gasteiger partial charge >= 0.3 is 0 Å². The van der Waals surface area contributed by atoms with Crippen LogP contribution < -0.4 is 0 Å². The van der Waals surface area contributed by atoms with Crippen LogP contribution in [0.4, 0.5) is 8.78 Å². The number of carbonyl (C=O) groups excluding carboxylic acids is 1. The lowest BCUT2D eigenvalue weighted by atomic mass is 9.94. The van der Waals surface area contributed by atoms with Crippen LogP contribution in [0.1, 0.15) is 34.8 Å². The molecule has 1 N–H and O–H groups in total. The molecule has 0 spiro atoms. The average Bonchev–Trinajstić information content (AvgIpc) is 3.00. The second-order valence-electron chi connectivity index (χ2n) is 5.26. The number of nitrogens with one attached hydrogen (secondary N) is 1. The SMILES string of the molecule is O=C(c1cc(F)cc(F)c1)N1CCCC(c2ccn[nH]2)C1. The maximum absolute atomic E-state index is 13.2. The number of rotatable bonds is 2. The summed E-state index contributed by atoms with van der Waals surface area (Å²) in [7, 11) is 0. The number of amides is 1. The molecule has 110 valence electrons. The monoisotopic (exact) mass is 291 g/mol. The lowest BCUT2D eigenvalue weighted by Crippen LogP contribution is -2.39. The number of aromatic amines is 1. The number of piperidine rings is 1. The van der Waals surface area contributed by atoms with E-state index in [1.165, 1.54) is 0 Å². The normalized spacial score (nSPS) is 18.8. The minimum atomic E-state index is -0.736. The number of nitrogens with zero attached hydrogens (tertiary/aromatic N) is 2. The maximum Gasteiger partial charge on any atom is 0.254 e. The molecular weight excluding hydrogens is 276 g/mol. The number of halogens is 2. The summed E-state index contributed by atoms with van der Waals surface area (Å²) >= 11 is 0. The summed E-state index contributed by atoms with van der Waals surface area (Å²) < 4.78 is 26.5. The van der Waals surface area contributed by atoms with Gasteiger partial charge in [0.1, 0.15) is 11.6 Å². The minimum Gasteiger partial charge on any atom is -0.338 e. The molecule has 21 heavy (non-hydrogen) atoms. The second kappa shape index (κ2) is 5.63. The van der Waals surface area contributed by atoms with Crippen molar-refractivity contribution >= 4 is 5.91 Å². The number of likely N-dealkylation sites (tertiary alicyclic amines) is 1. The number of hydrogen-bond acceptors (Lipinski definition) is 2. The molecule has 6 heteroatoms. The summed E-state index contributed by atoms with van der Waals surface area (Å²) in [6.45, 7) is 1.13. The van der Waals surface area contributed by atoms with E-state index in [-0.39, 0.29) is 17.4 Å². The van der Waals surface area contributed by atoms with E-state index in [2.05, 4.69) is 10.2 Å². The number of hydrogen-bond donors (Lipinski definition) is 1. The van der Waals surface area contributed by atoms with Crippen LogP contribution >= 0.6 is 0 Å². The highest BCUT2D eigenvalue weighted by Crippen LogP contribution is 2.26. The third kappa shape index (κ3) is 2.94. The lowest BCUT2D eigenvalue weighted by Gasteiger charge is -2.32. The largest absolute Gasteiger partial charge is 0.338 e. The maximum atomic E-state index is 13.2. The Morgan fingerprint density at radius 2 is 2.05 bits per heavy atom. The van der Waals surface area contributed by atoms with Crippen LogP contribution in [-0.2, 0) is 0 Å². The zero-order valence-corrected chi connectivity index (χ0v) is 11.4. The quantitative estimate of drug-likeness (QED) is 0.925. The highest BCUT2D eigenvalue weighted by atomic mass is 19.1. The van der Waals surface area contributed by atoms with Crippen LogP contribution in [0.5, 0.6) is 0 Å². The van der Waals surface area contributed by atoms with Crippen molar-refractivity contribution in [2.24, 2.45) is 0 Å². The van der Waals surface area contributed by atoms with Gasteiger partial charge in [0, 0.05) is 42.5 Å². The van der Waals surface area contributed by atoms with E-state index in [1.807, 2.05) is 6.07 Å². The minimum absolute atomic E-state index is 0.0535. The van der Waals surface area contributed by atoms with Gasteiger partial charge in [0.2, 0.25) is 0 Å². The van der Waals surface area contributed by atoms with Gasteiger partial charge in [-0.05, 0) is 31.0 Å². The Balaban J connectivity index is 1.78. The highest BCUT2D eigenvalue weighted by molar-refractivity contribution is 5.94. The highest BCUT2D eigenvalue weighted by Gasteiger charge is 2.26. The van der Waals surface area contributed by atoms with Gasteiger partial charge in [0.25, 0.3) is 5.91 Å². The van der Waals surface area contributed by atoms with E-state index < -0.39 is 11.6 Å². The molecule has 3 rings (SSSR count). The molecule has 1 unspecified atom stereocenters. The zero-order valence-electron chi connectivity index (χ0n) is 11.4. The van der Waals surface area contributed by atoms with Crippen molar-refractivity contribution in [2.75, 3.05) is 13.1 Å². The van der Waals surface area contributed by atoms with Gasteiger partial charge in [-0.3, -0.25) is 9.89 Å². The molecule has 0 saturated carbocycles. The van der Waals surface area contributed by atoms with Gasteiger partial charge in [-0.15, -0.1) is 0 Å². The summed E-state index contributed by atoms with van der Waals surface area (Å²) in [6.07, 6.45) is 3.49. The number of aromatic nitrogens is 2. The molecule has 1 saturated heterocycles. The van der Waals surface area contributed by atoms with E-state index in [0.717, 1.165) is 36.7 Å². The summed E-state index contributed by atoms with van der Waals surface area (Å²) in [5.74, 6) is -1.62. The van der Waals surface area contributed by atoms with E-state index in [1.54, 1.807) is 11.1 Å². The Bertz CT molecular complexity index is 622. The predicted molar refractivity (Wildman–Crippen MR) is 72.8 cm³/mol.